The number of benzene rings is 2. The van der Waals surface area contributed by atoms with Crippen molar-refractivity contribution in [1.29, 1.82) is 0 Å². The Morgan fingerprint density at radius 3 is 2.04 bits per heavy atom. The van der Waals surface area contributed by atoms with E-state index in [9.17, 15) is 31.5 Å². The Bertz CT molecular complexity index is 1420. The van der Waals surface area contributed by atoms with Gasteiger partial charge >= 0.3 is 18.1 Å². The lowest BCUT2D eigenvalue weighted by Gasteiger charge is -2.21. The third kappa shape index (κ3) is 11.4. The molecule has 0 aliphatic carbocycles. The van der Waals surface area contributed by atoms with Crippen LogP contribution in [-0.4, -0.2) is 40.8 Å². The number of halogens is 5. The first-order chi connectivity index (χ1) is 22.0. The monoisotopic (exact) mass is 650 g/mol. The van der Waals surface area contributed by atoms with Crippen LogP contribution in [-0.2, 0) is 4.74 Å². The molecule has 250 valence electrons. The molecular formula is C34H39F5N2O5. The van der Waals surface area contributed by atoms with E-state index < -0.39 is 47.8 Å². The molecule has 0 aliphatic heterocycles. The van der Waals surface area contributed by atoms with Gasteiger partial charge in [0.15, 0.2) is 17.7 Å². The topological polar surface area (TPSA) is 87.6 Å². The van der Waals surface area contributed by atoms with Crippen molar-refractivity contribution in [3.8, 4) is 22.9 Å². The molecule has 0 saturated heterocycles. The normalized spacial score (nSPS) is 12.1. The van der Waals surface area contributed by atoms with Gasteiger partial charge in [-0.15, -0.1) is 0 Å². The van der Waals surface area contributed by atoms with Gasteiger partial charge in [0.05, 0.1) is 35.7 Å². The van der Waals surface area contributed by atoms with Gasteiger partial charge in [0.2, 0.25) is 0 Å². The van der Waals surface area contributed by atoms with Gasteiger partial charge in [-0.05, 0) is 49.6 Å². The highest BCUT2D eigenvalue weighted by molar-refractivity contribution is 5.92. The smallest absolute Gasteiger partial charge is 0.425 e. The first-order valence-corrected chi connectivity index (χ1v) is 15.6. The number of esters is 2. The summed E-state index contributed by atoms with van der Waals surface area (Å²) in [5.74, 6) is -4.42. The van der Waals surface area contributed by atoms with E-state index in [0.29, 0.717) is 24.8 Å². The number of hydrogen-bond acceptors (Lipinski definition) is 7. The largest absolute Gasteiger partial charge is 0.490 e. The first kappa shape index (κ1) is 36.4. The van der Waals surface area contributed by atoms with Crippen molar-refractivity contribution in [2.24, 2.45) is 0 Å². The summed E-state index contributed by atoms with van der Waals surface area (Å²) in [4.78, 5) is 33.2. The van der Waals surface area contributed by atoms with E-state index in [1.807, 2.05) is 6.92 Å². The van der Waals surface area contributed by atoms with Gasteiger partial charge in [-0.25, -0.2) is 28.3 Å². The Morgan fingerprint density at radius 1 is 0.761 bits per heavy atom. The van der Waals surface area contributed by atoms with Crippen molar-refractivity contribution in [2.75, 3.05) is 6.61 Å². The zero-order chi connectivity index (χ0) is 33.5. The molecule has 1 atom stereocenters. The molecule has 0 spiro atoms. The quantitative estimate of drug-likeness (QED) is 0.0587. The Labute approximate surface area is 265 Å². The molecule has 0 fully saturated rings. The second-order valence-electron chi connectivity index (χ2n) is 10.9. The molecule has 1 heterocycles. The zero-order valence-corrected chi connectivity index (χ0v) is 26.0. The minimum absolute atomic E-state index is 0.0236. The minimum atomic E-state index is -4.81. The van der Waals surface area contributed by atoms with Crippen LogP contribution in [0.5, 0.6) is 11.5 Å². The van der Waals surface area contributed by atoms with Gasteiger partial charge in [0.25, 0.3) is 0 Å². The molecule has 12 heteroatoms. The summed E-state index contributed by atoms with van der Waals surface area (Å²) in [6.45, 7) is 4.59. The van der Waals surface area contributed by atoms with Crippen molar-refractivity contribution in [3.05, 3.63) is 71.6 Å². The molecule has 3 aromatic rings. The van der Waals surface area contributed by atoms with E-state index in [1.165, 1.54) is 43.8 Å². The third-order valence-corrected chi connectivity index (χ3v) is 7.15. The lowest BCUT2D eigenvalue weighted by atomic mass is 10.1. The Hall–Kier alpha value is -4.09. The predicted octanol–water partition coefficient (Wildman–Crippen LogP) is 9.44. The Balaban J connectivity index is 1.57. The van der Waals surface area contributed by atoms with Gasteiger partial charge in [0, 0.05) is 6.07 Å². The maximum Gasteiger partial charge on any atom is 0.425 e. The van der Waals surface area contributed by atoms with Crippen LogP contribution < -0.4 is 9.47 Å². The molecule has 1 unspecified atom stereocenters. The standard InChI is InChI=1S/C34H39F5N2O5/c1-3-5-7-9-10-12-18-44-25-21-40-31(41-22-25)26-16-14-23(19-28(26)35)32(42)45-24-15-17-27(29(36)20-24)33(43)46-30(34(37,38)39)13-11-8-6-4-2/h14-17,19-22,30H,3-13,18H2,1-2H3. The molecule has 0 aliphatic rings. The van der Waals surface area contributed by atoms with E-state index >= 15 is 0 Å². The number of ether oxygens (including phenoxy) is 3. The fraction of sp³-hybridized carbons (Fsp3) is 0.471. The molecule has 0 amide bonds. The third-order valence-electron chi connectivity index (χ3n) is 7.15. The molecule has 2 aromatic carbocycles. The molecule has 0 bridgehead atoms. The average molecular weight is 651 g/mol. The highest BCUT2D eigenvalue weighted by Crippen LogP contribution is 2.29. The lowest BCUT2D eigenvalue weighted by molar-refractivity contribution is -0.206. The van der Waals surface area contributed by atoms with Gasteiger partial charge in [0.1, 0.15) is 17.4 Å². The highest BCUT2D eigenvalue weighted by Gasteiger charge is 2.42. The minimum Gasteiger partial charge on any atom is -0.490 e. The van der Waals surface area contributed by atoms with Gasteiger partial charge in [-0.2, -0.15) is 13.2 Å². The molecule has 3 rings (SSSR count). The van der Waals surface area contributed by atoms with E-state index in [-0.39, 0.29) is 29.1 Å². The fourth-order valence-electron chi connectivity index (χ4n) is 4.56. The van der Waals surface area contributed by atoms with Crippen molar-refractivity contribution >= 4 is 11.9 Å². The summed E-state index contributed by atoms with van der Waals surface area (Å²) >= 11 is 0. The van der Waals surface area contributed by atoms with Crippen molar-refractivity contribution in [2.45, 2.75) is 96.8 Å². The van der Waals surface area contributed by atoms with Gasteiger partial charge < -0.3 is 14.2 Å². The van der Waals surface area contributed by atoms with Gasteiger partial charge in [-0.1, -0.05) is 65.2 Å². The van der Waals surface area contributed by atoms with Crippen LogP contribution in [0.15, 0.2) is 48.8 Å². The van der Waals surface area contributed by atoms with Gasteiger partial charge in [-0.3, -0.25) is 0 Å². The number of rotatable bonds is 18. The van der Waals surface area contributed by atoms with Crippen LogP contribution in [0.2, 0.25) is 0 Å². The summed E-state index contributed by atoms with van der Waals surface area (Å²) in [5.41, 5.74) is -0.938. The Morgan fingerprint density at radius 2 is 1.41 bits per heavy atom. The van der Waals surface area contributed by atoms with Crippen LogP contribution in [0.1, 0.15) is 105 Å². The maximum absolute atomic E-state index is 14.9. The van der Waals surface area contributed by atoms with E-state index in [4.69, 9.17) is 9.47 Å². The first-order valence-electron chi connectivity index (χ1n) is 15.6. The summed E-state index contributed by atoms with van der Waals surface area (Å²) in [6, 6.07) is 6.00. The van der Waals surface area contributed by atoms with E-state index in [0.717, 1.165) is 50.3 Å². The number of aromatic nitrogens is 2. The average Bonchev–Trinajstić information content (AvgIpc) is 3.02. The second kappa shape index (κ2) is 18.2. The van der Waals surface area contributed by atoms with Crippen molar-refractivity contribution in [3.63, 3.8) is 0 Å². The molecule has 0 radical (unpaired) electrons. The maximum atomic E-state index is 14.9. The highest BCUT2D eigenvalue weighted by atomic mass is 19.4. The summed E-state index contributed by atoms with van der Waals surface area (Å²) in [7, 11) is 0. The fourth-order valence-corrected chi connectivity index (χ4v) is 4.56. The number of alkyl halides is 3. The molecule has 0 N–H and O–H groups in total. The SMILES string of the molecule is CCCCCCCCOc1cnc(-c2ccc(C(=O)Oc3ccc(C(=O)OC(CCCCCC)C(F)(F)F)c(F)c3)cc2F)nc1. The van der Waals surface area contributed by atoms with Crippen molar-refractivity contribution in [1.82, 2.24) is 9.97 Å². The number of carbonyl (C=O) groups is 2. The molecule has 0 saturated carbocycles. The van der Waals surface area contributed by atoms with E-state index in [2.05, 4.69) is 21.6 Å². The second-order valence-corrected chi connectivity index (χ2v) is 10.9. The number of unbranched alkanes of at least 4 members (excludes halogenated alkanes) is 8. The van der Waals surface area contributed by atoms with Crippen LogP contribution in [0.4, 0.5) is 22.0 Å². The predicted molar refractivity (Wildman–Crippen MR) is 162 cm³/mol. The molecular weight excluding hydrogens is 611 g/mol. The molecule has 7 nitrogen and oxygen atoms in total. The zero-order valence-electron chi connectivity index (χ0n) is 26.0. The number of nitrogens with zero attached hydrogens (tertiary/aromatic N) is 2. The van der Waals surface area contributed by atoms with Crippen LogP contribution in [0.25, 0.3) is 11.4 Å². The van der Waals surface area contributed by atoms with E-state index in [1.54, 1.807) is 0 Å². The summed E-state index contributed by atoms with van der Waals surface area (Å²) < 4.78 is 85.0. The summed E-state index contributed by atoms with van der Waals surface area (Å²) in [6.07, 6.45) is 4.28. The molecule has 1 aromatic heterocycles. The van der Waals surface area contributed by atoms with Crippen molar-refractivity contribution < 1.29 is 45.8 Å². The van der Waals surface area contributed by atoms with Crippen LogP contribution >= 0.6 is 0 Å². The van der Waals surface area contributed by atoms with Crippen LogP contribution in [0, 0.1) is 11.6 Å². The number of hydrogen-bond donors (Lipinski definition) is 0. The summed E-state index contributed by atoms with van der Waals surface area (Å²) in [5, 5.41) is 0. The number of carbonyl (C=O) groups excluding carboxylic acids is 2. The van der Waals surface area contributed by atoms with Crippen LogP contribution in [0.3, 0.4) is 0 Å². The lowest BCUT2D eigenvalue weighted by Crippen LogP contribution is -2.34. The Kier molecular flexibility index (Phi) is 14.4. The molecule has 46 heavy (non-hydrogen) atoms.